The van der Waals surface area contributed by atoms with E-state index in [9.17, 15) is 15.3 Å². The maximum absolute atomic E-state index is 12.3. The molecule has 9 nitrogen and oxygen atoms in total. The average Bonchev–Trinajstić information content (AvgIpc) is 3.27. The zero-order chi connectivity index (χ0) is 31.5. The molecule has 1 amide bonds. The van der Waals surface area contributed by atoms with Crippen molar-refractivity contribution in [3.63, 3.8) is 0 Å². The van der Waals surface area contributed by atoms with E-state index in [1.54, 1.807) is 0 Å². The third kappa shape index (κ3) is 7.53. The number of aromatic nitrogens is 2. The van der Waals surface area contributed by atoms with Crippen LogP contribution in [-0.4, -0.2) is 36.2 Å². The van der Waals surface area contributed by atoms with Gasteiger partial charge in [0.15, 0.2) is 0 Å². The van der Waals surface area contributed by atoms with E-state index in [0.717, 1.165) is 45.2 Å². The fourth-order valence-corrected chi connectivity index (χ4v) is 5.73. The molecular formula is C33H40N6O3Si. The van der Waals surface area contributed by atoms with Crippen molar-refractivity contribution in [3.8, 4) is 23.4 Å². The van der Waals surface area contributed by atoms with Gasteiger partial charge in [-0.15, -0.1) is 0 Å². The molecule has 1 aromatic heterocycles. The second-order valence-electron chi connectivity index (χ2n) is 13.0. The molecule has 0 aliphatic carbocycles. The molecule has 2 N–H and O–H groups in total. The van der Waals surface area contributed by atoms with Gasteiger partial charge in [-0.1, -0.05) is 37.8 Å². The molecule has 0 saturated heterocycles. The fraction of sp³-hybridized carbons (Fsp3) is 0.394. The van der Waals surface area contributed by atoms with Crippen LogP contribution in [0.15, 0.2) is 65.0 Å². The number of rotatable bonds is 8. The maximum Gasteiger partial charge on any atom is 0.412 e. The molecule has 0 atom stereocenters. The monoisotopic (exact) mass is 596 g/mol. The Labute approximate surface area is 254 Å². The summed E-state index contributed by atoms with van der Waals surface area (Å²) in [5, 5.41) is 31.8. The van der Waals surface area contributed by atoms with Crippen molar-refractivity contribution < 1.29 is 14.3 Å². The normalized spacial score (nSPS) is 14.4. The molecule has 224 valence electrons. The van der Waals surface area contributed by atoms with Crippen molar-refractivity contribution in [1.82, 2.24) is 15.1 Å². The summed E-state index contributed by atoms with van der Waals surface area (Å²) >= 11 is 0. The third-order valence-corrected chi connectivity index (χ3v) is 8.83. The summed E-state index contributed by atoms with van der Waals surface area (Å²) in [5.74, 6) is -0.481. The lowest BCUT2D eigenvalue weighted by Gasteiger charge is -2.26. The fourth-order valence-electron chi connectivity index (χ4n) is 4.97. The van der Waals surface area contributed by atoms with E-state index in [1.807, 2.05) is 81.8 Å². The number of carbonyl (C=O) groups excluding carboxylic acids is 1. The SMILES string of the molecule is CC1=C(C#N)C(c2ccc3c(c2)c(-c2ccc(NC(=O)OC(C)(C)C)cc2)nn3COCC[Si](C)(C)C)C(C#N)=C(C)N1. The predicted octanol–water partition coefficient (Wildman–Crippen LogP) is 7.64. The number of ether oxygens (including phenoxy) is 2. The molecule has 0 fully saturated rings. The van der Waals surface area contributed by atoms with Crippen molar-refractivity contribution >= 4 is 30.8 Å². The maximum atomic E-state index is 12.3. The van der Waals surface area contributed by atoms with Crippen LogP contribution in [0.25, 0.3) is 22.2 Å². The summed E-state index contributed by atoms with van der Waals surface area (Å²) < 4.78 is 13.3. The number of hydrogen-bond acceptors (Lipinski definition) is 7. The number of anilines is 1. The molecule has 4 rings (SSSR count). The van der Waals surface area contributed by atoms with Gasteiger partial charge in [-0.3, -0.25) is 5.32 Å². The van der Waals surface area contributed by atoms with E-state index in [0.29, 0.717) is 30.2 Å². The Hall–Kier alpha value is -4.38. The minimum Gasteiger partial charge on any atom is -0.444 e. The Morgan fingerprint density at radius 1 is 1.05 bits per heavy atom. The minimum atomic E-state index is -1.25. The third-order valence-electron chi connectivity index (χ3n) is 7.12. The molecule has 3 aromatic rings. The van der Waals surface area contributed by atoms with Crippen molar-refractivity contribution in [2.75, 3.05) is 11.9 Å². The molecule has 0 saturated carbocycles. The van der Waals surface area contributed by atoms with Gasteiger partial charge < -0.3 is 14.8 Å². The van der Waals surface area contributed by atoms with Crippen LogP contribution in [-0.2, 0) is 16.2 Å². The second kappa shape index (κ2) is 12.5. The average molecular weight is 597 g/mol. The molecule has 1 aliphatic rings. The Balaban J connectivity index is 1.76. The molecule has 2 aromatic carbocycles. The number of allylic oxidation sites excluding steroid dienone is 4. The Morgan fingerprint density at radius 3 is 2.23 bits per heavy atom. The van der Waals surface area contributed by atoms with E-state index in [1.165, 1.54) is 0 Å². The molecule has 10 heteroatoms. The molecular weight excluding hydrogens is 556 g/mol. The summed E-state index contributed by atoms with van der Waals surface area (Å²) in [5.41, 5.74) is 5.82. The Bertz CT molecular complexity index is 1640. The van der Waals surface area contributed by atoms with Gasteiger partial charge >= 0.3 is 6.09 Å². The van der Waals surface area contributed by atoms with Crippen LogP contribution < -0.4 is 10.6 Å². The molecule has 43 heavy (non-hydrogen) atoms. The standard InChI is InChI=1S/C33H40N6O3Si/c1-21-27(18-34)30(28(19-35)22(2)36-21)24-11-14-29-26(17-24)31(38-39(29)20-41-15-16-43(6,7)8)23-9-12-25(13-10-23)37-32(40)42-33(3,4)5/h9-14,17,30,36H,15-16,20H2,1-8H3,(H,37,40). The summed E-state index contributed by atoms with van der Waals surface area (Å²) in [7, 11) is -1.25. The largest absolute Gasteiger partial charge is 0.444 e. The number of dihydropyridines is 1. The van der Waals surface area contributed by atoms with Gasteiger partial charge in [0.2, 0.25) is 0 Å². The van der Waals surface area contributed by atoms with Gasteiger partial charge in [-0.25, -0.2) is 9.48 Å². The molecule has 2 heterocycles. The van der Waals surface area contributed by atoms with Crippen LogP contribution in [0.4, 0.5) is 10.5 Å². The van der Waals surface area contributed by atoms with Crippen molar-refractivity contribution in [1.29, 1.82) is 10.5 Å². The highest BCUT2D eigenvalue weighted by atomic mass is 28.3. The second-order valence-corrected chi connectivity index (χ2v) is 18.7. The first-order chi connectivity index (χ1) is 20.2. The minimum absolute atomic E-state index is 0.302. The van der Waals surface area contributed by atoms with Crippen LogP contribution in [0.5, 0.6) is 0 Å². The van der Waals surface area contributed by atoms with Crippen LogP contribution in [0.1, 0.15) is 46.1 Å². The van der Waals surface area contributed by atoms with E-state index in [4.69, 9.17) is 14.6 Å². The first kappa shape index (κ1) is 31.6. The highest BCUT2D eigenvalue weighted by Crippen LogP contribution is 2.40. The number of nitrogens with one attached hydrogen (secondary N) is 2. The quantitative estimate of drug-likeness (QED) is 0.202. The first-order valence-corrected chi connectivity index (χ1v) is 18.1. The first-order valence-electron chi connectivity index (χ1n) is 14.4. The number of nitrogens with zero attached hydrogens (tertiary/aromatic N) is 4. The molecule has 0 unspecified atom stereocenters. The van der Waals surface area contributed by atoms with Gasteiger partial charge in [0.25, 0.3) is 0 Å². The van der Waals surface area contributed by atoms with E-state index in [-0.39, 0.29) is 0 Å². The van der Waals surface area contributed by atoms with E-state index < -0.39 is 25.7 Å². The highest BCUT2D eigenvalue weighted by molar-refractivity contribution is 6.76. The summed E-state index contributed by atoms with van der Waals surface area (Å²) in [6.45, 7) is 17.1. The predicted molar refractivity (Wildman–Crippen MR) is 172 cm³/mol. The van der Waals surface area contributed by atoms with E-state index in [2.05, 4.69) is 42.4 Å². The molecule has 0 spiro atoms. The van der Waals surface area contributed by atoms with Crippen LogP contribution >= 0.6 is 0 Å². The zero-order valence-electron chi connectivity index (χ0n) is 26.3. The zero-order valence-corrected chi connectivity index (χ0v) is 27.3. The lowest BCUT2D eigenvalue weighted by molar-refractivity contribution is 0.0636. The van der Waals surface area contributed by atoms with Crippen LogP contribution in [0.2, 0.25) is 25.7 Å². The number of hydrogen-bond donors (Lipinski definition) is 2. The Kier molecular flexibility index (Phi) is 9.14. The molecule has 0 radical (unpaired) electrons. The molecule has 1 aliphatic heterocycles. The smallest absolute Gasteiger partial charge is 0.412 e. The number of fused-ring (bicyclic) bond motifs is 1. The summed E-state index contributed by atoms with van der Waals surface area (Å²) in [6, 6.07) is 19.1. The van der Waals surface area contributed by atoms with Crippen LogP contribution in [0.3, 0.4) is 0 Å². The number of benzene rings is 2. The summed E-state index contributed by atoms with van der Waals surface area (Å²) in [6.07, 6.45) is -0.523. The summed E-state index contributed by atoms with van der Waals surface area (Å²) in [4.78, 5) is 12.3. The van der Waals surface area contributed by atoms with E-state index >= 15 is 0 Å². The van der Waals surface area contributed by atoms with Gasteiger partial charge in [0, 0.05) is 42.7 Å². The molecule has 0 bridgehead atoms. The van der Waals surface area contributed by atoms with Crippen molar-refractivity contribution in [2.24, 2.45) is 0 Å². The Morgan fingerprint density at radius 2 is 1.67 bits per heavy atom. The topological polar surface area (TPSA) is 125 Å². The van der Waals surface area contributed by atoms with Gasteiger partial charge in [-0.05, 0) is 70.5 Å². The highest BCUT2D eigenvalue weighted by Gasteiger charge is 2.30. The number of amides is 1. The van der Waals surface area contributed by atoms with Crippen molar-refractivity contribution in [3.05, 3.63) is 70.6 Å². The van der Waals surface area contributed by atoms with Crippen molar-refractivity contribution in [2.45, 2.75) is 78.6 Å². The van der Waals surface area contributed by atoms with Crippen LogP contribution in [0, 0.1) is 22.7 Å². The number of carbonyl (C=O) groups is 1. The lowest BCUT2D eigenvalue weighted by atomic mass is 9.81. The lowest BCUT2D eigenvalue weighted by Crippen LogP contribution is -2.27. The number of nitriles is 2. The van der Waals surface area contributed by atoms with Gasteiger partial charge in [-0.2, -0.15) is 15.6 Å². The van der Waals surface area contributed by atoms with Gasteiger partial charge in [0.1, 0.15) is 18.0 Å². The van der Waals surface area contributed by atoms with Gasteiger partial charge in [0.05, 0.1) is 34.7 Å².